The molecule has 1 aromatic rings. The van der Waals surface area contributed by atoms with Crippen LogP contribution in [0.15, 0.2) is 27.8 Å². The van der Waals surface area contributed by atoms with Gasteiger partial charge in [-0.1, -0.05) is 20.8 Å². The monoisotopic (exact) mass is 490 g/mol. The molecule has 0 saturated carbocycles. The smallest absolute Gasteiger partial charge is 0.225 e. The second-order valence-electron chi connectivity index (χ2n) is 7.41. The molecule has 0 aliphatic carbocycles. The molecule has 27 heavy (non-hydrogen) atoms. The molecule has 1 aliphatic heterocycles. The van der Waals surface area contributed by atoms with Crippen molar-refractivity contribution in [1.82, 2.24) is 15.5 Å². The molecule has 1 fully saturated rings. The molecule has 6 nitrogen and oxygen atoms in total. The van der Waals surface area contributed by atoms with E-state index in [0.29, 0.717) is 18.6 Å². The summed E-state index contributed by atoms with van der Waals surface area (Å²) in [4.78, 5) is 18.8. The number of guanidine groups is 1. The zero-order chi connectivity index (χ0) is 18.9. The van der Waals surface area contributed by atoms with E-state index >= 15 is 0 Å². The summed E-state index contributed by atoms with van der Waals surface area (Å²) in [6.07, 6.45) is 5.44. The van der Waals surface area contributed by atoms with Crippen LogP contribution >= 0.6 is 24.0 Å². The van der Waals surface area contributed by atoms with Crippen LogP contribution in [0.3, 0.4) is 0 Å². The molecule has 2 heterocycles. The largest absolute Gasteiger partial charge is 0.469 e. The molecular formula is C20H35IN4O2. The van der Waals surface area contributed by atoms with Gasteiger partial charge in [0.15, 0.2) is 5.96 Å². The van der Waals surface area contributed by atoms with Crippen LogP contribution in [0.5, 0.6) is 0 Å². The highest BCUT2D eigenvalue weighted by atomic mass is 127. The third kappa shape index (κ3) is 8.11. The number of hydrogen-bond donors (Lipinski definition) is 2. The summed E-state index contributed by atoms with van der Waals surface area (Å²) < 4.78 is 5.37. The van der Waals surface area contributed by atoms with E-state index in [4.69, 9.17) is 9.41 Å². The first-order chi connectivity index (χ1) is 12.5. The Morgan fingerprint density at radius 2 is 2.04 bits per heavy atom. The van der Waals surface area contributed by atoms with Crippen LogP contribution in [0.25, 0.3) is 0 Å². The first kappa shape index (κ1) is 23.8. The topological polar surface area (TPSA) is 69.9 Å². The normalized spacial score (nSPS) is 16.8. The summed E-state index contributed by atoms with van der Waals surface area (Å²) in [7, 11) is 0. The molecule has 1 unspecified atom stereocenters. The molecular weight excluding hydrogens is 455 g/mol. The minimum atomic E-state index is 0. The van der Waals surface area contributed by atoms with E-state index in [0.717, 1.165) is 50.5 Å². The Bertz CT molecular complexity index is 567. The van der Waals surface area contributed by atoms with Crippen molar-refractivity contribution < 1.29 is 9.21 Å². The predicted octanol–water partition coefficient (Wildman–Crippen LogP) is 3.42. The molecule has 1 amide bonds. The molecule has 154 valence electrons. The summed E-state index contributed by atoms with van der Waals surface area (Å²) in [6.45, 7) is 10.6. The lowest BCUT2D eigenvalue weighted by Crippen LogP contribution is -2.51. The van der Waals surface area contributed by atoms with Crippen LogP contribution in [0.1, 0.15) is 52.7 Å². The molecule has 2 rings (SSSR count). The van der Waals surface area contributed by atoms with E-state index in [1.807, 2.05) is 30.9 Å². The van der Waals surface area contributed by atoms with E-state index in [1.54, 1.807) is 6.26 Å². The third-order valence-electron chi connectivity index (χ3n) is 4.85. The zero-order valence-corrected chi connectivity index (χ0v) is 19.4. The number of carbonyl (C=O) groups is 1. The first-order valence-electron chi connectivity index (χ1n) is 9.88. The number of hydrogen-bond acceptors (Lipinski definition) is 3. The number of carbonyl (C=O) groups excluding carboxylic acids is 1. The molecule has 1 aliphatic rings. The van der Waals surface area contributed by atoms with Crippen molar-refractivity contribution in [3.05, 3.63) is 24.2 Å². The summed E-state index contributed by atoms with van der Waals surface area (Å²) in [5.41, 5.74) is 0. The predicted molar refractivity (Wildman–Crippen MR) is 121 cm³/mol. The highest BCUT2D eigenvalue weighted by molar-refractivity contribution is 14.0. The molecule has 1 aromatic heterocycles. The van der Waals surface area contributed by atoms with Crippen molar-refractivity contribution in [3.8, 4) is 0 Å². The number of amides is 1. The second-order valence-corrected chi connectivity index (χ2v) is 7.41. The molecule has 0 radical (unpaired) electrons. The first-order valence-corrected chi connectivity index (χ1v) is 9.88. The summed E-state index contributed by atoms with van der Waals surface area (Å²) in [6, 6.07) is 4.60. The number of furan rings is 1. The number of nitrogens with zero attached hydrogens (tertiary/aromatic N) is 2. The van der Waals surface area contributed by atoms with Gasteiger partial charge in [-0.2, -0.15) is 0 Å². The van der Waals surface area contributed by atoms with Crippen molar-refractivity contribution in [1.29, 1.82) is 0 Å². The molecule has 7 heteroatoms. The van der Waals surface area contributed by atoms with Gasteiger partial charge in [0.05, 0.1) is 6.26 Å². The van der Waals surface area contributed by atoms with Gasteiger partial charge in [0, 0.05) is 44.1 Å². The molecule has 0 aromatic carbocycles. The lowest BCUT2D eigenvalue weighted by molar-refractivity contribution is -0.135. The van der Waals surface area contributed by atoms with E-state index in [2.05, 4.69) is 24.5 Å². The van der Waals surface area contributed by atoms with Crippen LogP contribution < -0.4 is 10.6 Å². The van der Waals surface area contributed by atoms with Gasteiger partial charge in [-0.15, -0.1) is 24.0 Å². The fraction of sp³-hybridized carbons (Fsp3) is 0.700. The minimum absolute atomic E-state index is 0. The lowest BCUT2D eigenvalue weighted by atomic mass is 10.0. The Hall–Kier alpha value is -1.25. The van der Waals surface area contributed by atoms with Gasteiger partial charge in [-0.3, -0.25) is 9.79 Å². The number of halogens is 1. The van der Waals surface area contributed by atoms with Crippen molar-refractivity contribution in [3.63, 3.8) is 0 Å². The molecule has 0 bridgehead atoms. The molecule has 1 saturated heterocycles. The Morgan fingerprint density at radius 3 is 2.59 bits per heavy atom. The van der Waals surface area contributed by atoms with E-state index in [-0.39, 0.29) is 35.8 Å². The zero-order valence-electron chi connectivity index (χ0n) is 17.0. The third-order valence-corrected chi connectivity index (χ3v) is 4.85. The molecule has 0 spiro atoms. The van der Waals surface area contributed by atoms with Gasteiger partial charge in [0.25, 0.3) is 0 Å². The van der Waals surface area contributed by atoms with Gasteiger partial charge < -0.3 is 20.0 Å². The van der Waals surface area contributed by atoms with Crippen LogP contribution in [0.2, 0.25) is 0 Å². The second kappa shape index (κ2) is 12.3. The van der Waals surface area contributed by atoms with Crippen LogP contribution in [-0.4, -0.2) is 48.5 Å². The van der Waals surface area contributed by atoms with Crippen molar-refractivity contribution >= 4 is 35.8 Å². The maximum absolute atomic E-state index is 12.1. The van der Waals surface area contributed by atoms with Crippen LogP contribution in [0.4, 0.5) is 0 Å². The van der Waals surface area contributed by atoms with Gasteiger partial charge in [0.2, 0.25) is 5.91 Å². The average molecular weight is 490 g/mol. The van der Waals surface area contributed by atoms with E-state index in [1.165, 1.54) is 0 Å². The number of likely N-dealkylation sites (tertiary alicyclic amines) is 1. The SMILES string of the molecule is CCC(C)NC(=NCCc1ccco1)NC1CCN(C(=O)C(C)C)CC1.I. The molecule has 1 atom stereocenters. The summed E-state index contributed by atoms with van der Waals surface area (Å²) in [5, 5.41) is 7.03. The van der Waals surface area contributed by atoms with Gasteiger partial charge in [-0.25, -0.2) is 0 Å². The lowest BCUT2D eigenvalue weighted by Gasteiger charge is -2.34. The van der Waals surface area contributed by atoms with Crippen LogP contribution in [-0.2, 0) is 11.2 Å². The van der Waals surface area contributed by atoms with Crippen molar-refractivity contribution in [2.75, 3.05) is 19.6 Å². The minimum Gasteiger partial charge on any atom is -0.469 e. The van der Waals surface area contributed by atoms with Gasteiger partial charge >= 0.3 is 0 Å². The Balaban J connectivity index is 0.00000364. The van der Waals surface area contributed by atoms with Crippen molar-refractivity contribution in [2.24, 2.45) is 10.9 Å². The number of piperidine rings is 1. The quantitative estimate of drug-likeness (QED) is 0.349. The maximum Gasteiger partial charge on any atom is 0.225 e. The number of nitrogens with one attached hydrogen (secondary N) is 2. The van der Waals surface area contributed by atoms with Crippen molar-refractivity contribution in [2.45, 2.75) is 65.5 Å². The standard InChI is InChI=1S/C20H34N4O2.HI/c1-5-16(4)22-20(21-11-8-18-7-6-14-26-18)23-17-9-12-24(13-10-17)19(25)15(2)3;/h6-7,14-17H,5,8-13H2,1-4H3,(H2,21,22,23);1H. The van der Waals surface area contributed by atoms with Gasteiger partial charge in [-0.05, 0) is 38.3 Å². The highest BCUT2D eigenvalue weighted by Gasteiger charge is 2.24. The Labute approximate surface area is 180 Å². The fourth-order valence-corrected chi connectivity index (χ4v) is 3.00. The van der Waals surface area contributed by atoms with Gasteiger partial charge in [0.1, 0.15) is 5.76 Å². The number of aliphatic imine (C=N–C) groups is 1. The van der Waals surface area contributed by atoms with E-state index < -0.39 is 0 Å². The van der Waals surface area contributed by atoms with Crippen LogP contribution in [0, 0.1) is 5.92 Å². The van der Waals surface area contributed by atoms with E-state index in [9.17, 15) is 4.79 Å². The number of rotatable bonds is 7. The Kier molecular flexibility index (Phi) is 10.8. The fourth-order valence-electron chi connectivity index (χ4n) is 3.00. The average Bonchev–Trinajstić information content (AvgIpc) is 3.14. The summed E-state index contributed by atoms with van der Waals surface area (Å²) in [5.74, 6) is 2.15. The highest BCUT2D eigenvalue weighted by Crippen LogP contribution is 2.13. The Morgan fingerprint density at radius 1 is 1.33 bits per heavy atom. The summed E-state index contributed by atoms with van der Waals surface area (Å²) >= 11 is 0. The molecule has 2 N–H and O–H groups in total. The maximum atomic E-state index is 12.1.